The maximum Gasteiger partial charge on any atom is 0.513 e. The van der Waals surface area contributed by atoms with Crippen molar-refractivity contribution in [1.82, 2.24) is 5.32 Å². The van der Waals surface area contributed by atoms with E-state index in [0.29, 0.717) is 24.2 Å². The molecule has 0 unspecified atom stereocenters. The van der Waals surface area contributed by atoms with E-state index in [1.165, 1.54) is 0 Å². The molecular weight excluding hydrogens is 370 g/mol. The Balaban J connectivity index is 0.00000145. The van der Waals surface area contributed by atoms with E-state index in [1.54, 1.807) is 14.0 Å². The molecule has 1 saturated carbocycles. The molecule has 1 aliphatic heterocycles. The molecule has 0 bridgehead atoms. The molecule has 2 aliphatic rings. The van der Waals surface area contributed by atoms with Gasteiger partial charge in [-0.15, -0.1) is 0 Å². The second-order valence-corrected chi connectivity index (χ2v) is 7.28. The van der Waals surface area contributed by atoms with Crippen LogP contribution in [0.15, 0.2) is 24.0 Å². The average Bonchev–Trinajstić information content (AvgIpc) is 2.97. The van der Waals surface area contributed by atoms with Crippen molar-refractivity contribution in [2.45, 2.75) is 71.9 Å². The summed E-state index contributed by atoms with van der Waals surface area (Å²) in [5.74, 6) is 0.174. The lowest BCUT2D eigenvalue weighted by Gasteiger charge is -2.37. The number of methoxy groups -OCH3 is 1. The molecule has 3 rings (SSSR count). The van der Waals surface area contributed by atoms with Crippen molar-refractivity contribution in [2.75, 3.05) is 13.7 Å². The standard InChI is InChI=1S/C21H27NO5.C2H6/c1-5-26-20(24)27-18-17(16-12-13(2)6-7-14(16)3)19(23)22-21(18)10-8-15(25-4)9-11-21;1-2/h6-7,12,15H,5,8-11H2,1-4H3,(H,22,23);1-2H3. The van der Waals surface area contributed by atoms with Crippen LogP contribution in [0.1, 0.15) is 63.1 Å². The summed E-state index contributed by atoms with van der Waals surface area (Å²) in [6, 6.07) is 5.93. The minimum absolute atomic E-state index is 0.154. The van der Waals surface area contributed by atoms with Gasteiger partial charge in [0.15, 0.2) is 0 Å². The van der Waals surface area contributed by atoms with Crippen molar-refractivity contribution in [2.24, 2.45) is 0 Å². The number of hydrogen-bond acceptors (Lipinski definition) is 5. The molecule has 1 N–H and O–H groups in total. The van der Waals surface area contributed by atoms with Gasteiger partial charge in [0.1, 0.15) is 5.76 Å². The lowest BCUT2D eigenvalue weighted by Crippen LogP contribution is -2.49. The summed E-state index contributed by atoms with van der Waals surface area (Å²) in [6.07, 6.45) is 2.25. The van der Waals surface area contributed by atoms with Gasteiger partial charge in [-0.1, -0.05) is 37.6 Å². The Labute approximate surface area is 173 Å². The van der Waals surface area contributed by atoms with Gasteiger partial charge >= 0.3 is 6.16 Å². The first-order valence-corrected chi connectivity index (χ1v) is 10.4. The van der Waals surface area contributed by atoms with Gasteiger partial charge in [-0.3, -0.25) is 4.79 Å². The highest BCUT2D eigenvalue weighted by Gasteiger charge is 2.50. The Morgan fingerprint density at radius 2 is 1.86 bits per heavy atom. The summed E-state index contributed by atoms with van der Waals surface area (Å²) in [6.45, 7) is 9.86. The topological polar surface area (TPSA) is 73.9 Å². The minimum atomic E-state index is -0.778. The van der Waals surface area contributed by atoms with Gasteiger partial charge in [0.2, 0.25) is 0 Å². The van der Waals surface area contributed by atoms with Crippen LogP contribution in [-0.2, 0) is 19.0 Å². The Morgan fingerprint density at radius 3 is 2.45 bits per heavy atom. The maximum atomic E-state index is 13.0. The zero-order chi connectivity index (χ0) is 21.6. The minimum Gasteiger partial charge on any atom is -0.434 e. The van der Waals surface area contributed by atoms with Crippen molar-refractivity contribution in [3.8, 4) is 0 Å². The van der Waals surface area contributed by atoms with Crippen LogP contribution < -0.4 is 5.32 Å². The van der Waals surface area contributed by atoms with E-state index in [0.717, 1.165) is 29.5 Å². The van der Waals surface area contributed by atoms with E-state index in [1.807, 2.05) is 45.9 Å². The van der Waals surface area contributed by atoms with E-state index in [4.69, 9.17) is 14.2 Å². The Bertz CT molecular complexity index is 775. The molecule has 1 amide bonds. The largest absolute Gasteiger partial charge is 0.513 e. The molecule has 0 atom stereocenters. The maximum absolute atomic E-state index is 13.0. The molecule has 29 heavy (non-hydrogen) atoms. The third kappa shape index (κ3) is 4.81. The van der Waals surface area contributed by atoms with Crippen molar-refractivity contribution in [3.05, 3.63) is 40.6 Å². The van der Waals surface area contributed by atoms with E-state index >= 15 is 0 Å². The van der Waals surface area contributed by atoms with E-state index in [9.17, 15) is 9.59 Å². The number of ether oxygens (including phenoxy) is 3. The molecule has 0 saturated heterocycles. The van der Waals surface area contributed by atoms with Crippen LogP contribution in [0.4, 0.5) is 4.79 Å². The van der Waals surface area contributed by atoms with Gasteiger partial charge in [-0.2, -0.15) is 0 Å². The molecule has 0 radical (unpaired) electrons. The Kier molecular flexibility index (Phi) is 7.85. The number of amides is 1. The summed E-state index contributed by atoms with van der Waals surface area (Å²) < 4.78 is 16.1. The SMILES string of the molecule is CC.CCOC(=O)OC1=C(c2cc(C)ccc2C)C(=O)NC12CCC(OC)CC2. The monoisotopic (exact) mass is 403 g/mol. The van der Waals surface area contributed by atoms with Crippen LogP contribution in [0.3, 0.4) is 0 Å². The average molecular weight is 404 g/mol. The van der Waals surface area contributed by atoms with E-state index in [2.05, 4.69) is 5.32 Å². The number of rotatable bonds is 4. The normalized spacial score (nSPS) is 23.4. The zero-order valence-corrected chi connectivity index (χ0v) is 18.4. The summed E-state index contributed by atoms with van der Waals surface area (Å²) >= 11 is 0. The highest BCUT2D eigenvalue weighted by molar-refractivity contribution is 6.23. The Morgan fingerprint density at radius 1 is 1.21 bits per heavy atom. The second-order valence-electron chi connectivity index (χ2n) is 7.28. The molecule has 1 spiro atoms. The number of benzene rings is 1. The smallest absolute Gasteiger partial charge is 0.434 e. The lowest BCUT2D eigenvalue weighted by atomic mass is 9.79. The Hall–Kier alpha value is -2.34. The van der Waals surface area contributed by atoms with Gasteiger partial charge < -0.3 is 19.5 Å². The van der Waals surface area contributed by atoms with Crippen LogP contribution in [0, 0.1) is 13.8 Å². The van der Waals surface area contributed by atoms with Crippen molar-refractivity contribution < 1.29 is 23.8 Å². The quantitative estimate of drug-likeness (QED) is 0.740. The molecule has 6 nitrogen and oxygen atoms in total. The van der Waals surface area contributed by atoms with Gasteiger partial charge in [0.25, 0.3) is 5.91 Å². The van der Waals surface area contributed by atoms with E-state index in [-0.39, 0.29) is 18.6 Å². The third-order valence-electron chi connectivity index (χ3n) is 5.47. The van der Waals surface area contributed by atoms with Crippen molar-refractivity contribution >= 4 is 17.6 Å². The third-order valence-corrected chi connectivity index (χ3v) is 5.47. The van der Waals surface area contributed by atoms with Crippen LogP contribution in [0.25, 0.3) is 5.57 Å². The molecule has 0 aromatic heterocycles. The number of hydrogen-bond donors (Lipinski definition) is 1. The molecule has 6 heteroatoms. The summed E-state index contributed by atoms with van der Waals surface area (Å²) in [4.78, 5) is 25.1. The van der Waals surface area contributed by atoms with Crippen LogP contribution in [0.2, 0.25) is 0 Å². The molecule has 1 heterocycles. The summed E-state index contributed by atoms with van der Waals surface area (Å²) in [5, 5.41) is 3.11. The fourth-order valence-electron chi connectivity index (χ4n) is 3.98. The van der Waals surface area contributed by atoms with Crippen molar-refractivity contribution in [1.29, 1.82) is 0 Å². The van der Waals surface area contributed by atoms with Crippen molar-refractivity contribution in [3.63, 3.8) is 0 Å². The first-order chi connectivity index (χ1) is 13.9. The summed E-state index contributed by atoms with van der Waals surface area (Å²) in [5.41, 5.74) is 2.52. The zero-order valence-electron chi connectivity index (χ0n) is 18.4. The van der Waals surface area contributed by atoms with Gasteiger partial charge in [-0.25, -0.2) is 4.79 Å². The molecular formula is C23H33NO5. The summed E-state index contributed by atoms with van der Waals surface area (Å²) in [7, 11) is 1.70. The number of nitrogens with one attached hydrogen (secondary N) is 1. The second kappa shape index (κ2) is 9.92. The van der Waals surface area contributed by atoms with Gasteiger partial charge in [-0.05, 0) is 57.6 Å². The van der Waals surface area contributed by atoms with Crippen LogP contribution >= 0.6 is 0 Å². The molecule has 1 fully saturated rings. The fraction of sp³-hybridized carbons (Fsp3) is 0.565. The number of aryl methyl sites for hydroxylation is 2. The number of carbonyl (C=O) groups is 2. The van der Waals surface area contributed by atoms with E-state index < -0.39 is 11.7 Å². The molecule has 1 aromatic rings. The predicted octanol–water partition coefficient (Wildman–Crippen LogP) is 4.67. The molecule has 1 aromatic carbocycles. The highest BCUT2D eigenvalue weighted by atomic mass is 16.7. The van der Waals surface area contributed by atoms with Gasteiger partial charge in [0.05, 0.1) is 23.8 Å². The fourth-order valence-corrected chi connectivity index (χ4v) is 3.98. The predicted molar refractivity (Wildman–Crippen MR) is 112 cm³/mol. The van der Waals surface area contributed by atoms with Crippen LogP contribution in [-0.4, -0.2) is 37.4 Å². The lowest BCUT2D eigenvalue weighted by molar-refractivity contribution is -0.116. The molecule has 1 aliphatic carbocycles. The highest BCUT2D eigenvalue weighted by Crippen LogP contribution is 2.44. The first-order valence-electron chi connectivity index (χ1n) is 10.4. The van der Waals surface area contributed by atoms with Gasteiger partial charge in [0, 0.05) is 7.11 Å². The molecule has 160 valence electrons. The first kappa shape index (κ1) is 22.9. The van der Waals surface area contributed by atoms with Crippen LogP contribution in [0.5, 0.6) is 0 Å². The number of carbonyl (C=O) groups excluding carboxylic acids is 2.